The first kappa shape index (κ1) is 20.3. The van der Waals surface area contributed by atoms with Crippen LogP contribution in [0.1, 0.15) is 45.1 Å². The number of nitrogens with two attached hydrogens (primary N) is 1. The number of hydrogen-bond donors (Lipinski definition) is 1. The third kappa shape index (κ3) is 3.91. The van der Waals surface area contributed by atoms with Gasteiger partial charge in [-0.15, -0.1) is 12.4 Å². The molecule has 0 spiro atoms. The van der Waals surface area contributed by atoms with Gasteiger partial charge in [0.1, 0.15) is 6.61 Å². The molecule has 2 N–H and O–H groups in total. The lowest BCUT2D eigenvalue weighted by Crippen LogP contribution is -2.49. The van der Waals surface area contributed by atoms with Crippen molar-refractivity contribution >= 4 is 30.1 Å². The number of nitrogens with zero attached hydrogens (tertiary/aromatic N) is 1. The summed E-state index contributed by atoms with van der Waals surface area (Å²) in [6.45, 7) is 5.43. The highest BCUT2D eigenvalue weighted by Crippen LogP contribution is 2.42. The van der Waals surface area contributed by atoms with Crippen molar-refractivity contribution in [2.75, 3.05) is 13.2 Å². The minimum atomic E-state index is -0.151. The summed E-state index contributed by atoms with van der Waals surface area (Å²) in [6, 6.07) is 8.50. The van der Waals surface area contributed by atoms with E-state index in [9.17, 15) is 4.79 Å². The van der Waals surface area contributed by atoms with Crippen molar-refractivity contribution < 1.29 is 9.53 Å². The number of carbonyl (C=O) groups is 1. The van der Waals surface area contributed by atoms with Crippen LogP contribution in [0, 0.1) is 5.92 Å². The first-order valence-electron chi connectivity index (χ1n) is 8.88. The van der Waals surface area contributed by atoms with Crippen molar-refractivity contribution in [1.29, 1.82) is 0 Å². The van der Waals surface area contributed by atoms with Gasteiger partial charge in [-0.05, 0) is 49.3 Å². The largest absolute Gasteiger partial charge is 0.447 e. The molecule has 1 saturated carbocycles. The lowest BCUT2D eigenvalue weighted by Gasteiger charge is -2.43. The summed E-state index contributed by atoms with van der Waals surface area (Å²) < 4.78 is 5.32. The maximum absolute atomic E-state index is 12.2. The number of amides is 1. The van der Waals surface area contributed by atoms with Gasteiger partial charge < -0.3 is 10.5 Å². The highest BCUT2D eigenvalue weighted by molar-refractivity contribution is 6.30. The zero-order valence-corrected chi connectivity index (χ0v) is 16.5. The Morgan fingerprint density at radius 3 is 2.60 bits per heavy atom. The van der Waals surface area contributed by atoms with Crippen LogP contribution in [-0.2, 0) is 10.2 Å². The van der Waals surface area contributed by atoms with Crippen molar-refractivity contribution in [3.63, 3.8) is 0 Å². The van der Waals surface area contributed by atoms with Gasteiger partial charge in [0, 0.05) is 23.0 Å². The van der Waals surface area contributed by atoms with E-state index in [4.69, 9.17) is 22.1 Å². The molecule has 0 bridgehead atoms. The molecule has 1 aromatic carbocycles. The molecule has 3 rings (SSSR count). The molecule has 1 aliphatic heterocycles. The zero-order chi connectivity index (χ0) is 17.3. The standard InChI is InChI=1S/C19H27ClN2O2.ClH/c1-13(2)17-11-24-18(23)22(17)16-6-8-19(12-21,9-7-16)14-4-3-5-15(20)10-14;/h3-5,10,13,16-17H,6-9,11-12,21H2,1-2H3;1H/t16-,17-,19+;/m1./s1. The van der Waals surface area contributed by atoms with Crippen molar-refractivity contribution in [2.45, 2.75) is 57.0 Å². The van der Waals surface area contributed by atoms with Crippen LogP contribution in [0.5, 0.6) is 0 Å². The summed E-state index contributed by atoms with van der Waals surface area (Å²) in [7, 11) is 0. The summed E-state index contributed by atoms with van der Waals surface area (Å²) in [6.07, 6.45) is 3.72. The Bertz CT molecular complexity index is 601. The number of hydrogen-bond acceptors (Lipinski definition) is 3. The minimum absolute atomic E-state index is 0. The molecule has 1 aromatic rings. The summed E-state index contributed by atoms with van der Waals surface area (Å²) in [4.78, 5) is 14.2. The van der Waals surface area contributed by atoms with Gasteiger partial charge in [0.05, 0.1) is 6.04 Å². The van der Waals surface area contributed by atoms with E-state index >= 15 is 0 Å². The minimum Gasteiger partial charge on any atom is -0.447 e. The SMILES string of the molecule is CC(C)[C@H]1COC(=O)N1[C@H]1CC[C@@](CN)(c2cccc(Cl)c2)CC1.Cl. The fourth-order valence-corrected chi connectivity index (χ4v) is 4.43. The van der Waals surface area contributed by atoms with E-state index in [2.05, 4.69) is 19.9 Å². The molecule has 1 atom stereocenters. The number of ether oxygens (including phenoxy) is 1. The van der Waals surface area contributed by atoms with E-state index in [1.165, 1.54) is 5.56 Å². The van der Waals surface area contributed by atoms with Gasteiger partial charge in [0.15, 0.2) is 0 Å². The molecule has 0 unspecified atom stereocenters. The molecule has 0 radical (unpaired) electrons. The lowest BCUT2D eigenvalue weighted by molar-refractivity contribution is 0.108. The number of cyclic esters (lactones) is 1. The number of benzene rings is 1. The Morgan fingerprint density at radius 2 is 2.04 bits per heavy atom. The average Bonchev–Trinajstić information content (AvgIpc) is 2.97. The van der Waals surface area contributed by atoms with E-state index in [0.717, 1.165) is 30.7 Å². The van der Waals surface area contributed by atoms with Gasteiger partial charge in [0.2, 0.25) is 0 Å². The quantitative estimate of drug-likeness (QED) is 0.834. The fourth-order valence-electron chi connectivity index (χ4n) is 4.24. The predicted octanol–water partition coefficient (Wildman–Crippen LogP) is 4.38. The van der Waals surface area contributed by atoms with Gasteiger partial charge in [0.25, 0.3) is 0 Å². The molecule has 0 aromatic heterocycles. The van der Waals surface area contributed by atoms with E-state index in [-0.39, 0.29) is 36.0 Å². The Hall–Kier alpha value is -0.970. The summed E-state index contributed by atoms with van der Waals surface area (Å²) in [5.74, 6) is 0.408. The van der Waals surface area contributed by atoms with Crippen molar-refractivity contribution in [2.24, 2.45) is 11.7 Å². The second-order valence-corrected chi connectivity index (χ2v) is 7.96. The van der Waals surface area contributed by atoms with Gasteiger partial charge in [-0.3, -0.25) is 4.90 Å². The molecule has 1 saturated heterocycles. The molecular weight excluding hydrogens is 359 g/mol. The van der Waals surface area contributed by atoms with Crippen LogP contribution in [0.3, 0.4) is 0 Å². The molecule has 1 heterocycles. The van der Waals surface area contributed by atoms with Crippen LogP contribution < -0.4 is 5.73 Å². The number of rotatable bonds is 4. The Kier molecular flexibility index (Phi) is 6.63. The molecule has 1 amide bonds. The van der Waals surface area contributed by atoms with Crippen LogP contribution in [0.15, 0.2) is 24.3 Å². The zero-order valence-electron chi connectivity index (χ0n) is 14.9. The van der Waals surface area contributed by atoms with Crippen molar-refractivity contribution in [3.05, 3.63) is 34.9 Å². The molecule has 2 fully saturated rings. The summed E-state index contributed by atoms with van der Waals surface area (Å²) in [5, 5.41) is 0.755. The van der Waals surface area contributed by atoms with Crippen LogP contribution in [-0.4, -0.2) is 36.2 Å². The number of carbonyl (C=O) groups excluding carboxylic acids is 1. The third-order valence-corrected chi connectivity index (χ3v) is 6.08. The van der Waals surface area contributed by atoms with E-state index in [1.54, 1.807) is 0 Å². The van der Waals surface area contributed by atoms with Crippen LogP contribution >= 0.6 is 24.0 Å². The summed E-state index contributed by atoms with van der Waals surface area (Å²) >= 11 is 6.18. The fraction of sp³-hybridized carbons (Fsp3) is 0.632. The summed E-state index contributed by atoms with van der Waals surface area (Å²) in [5.41, 5.74) is 7.37. The lowest BCUT2D eigenvalue weighted by atomic mass is 9.68. The molecule has 6 heteroatoms. The van der Waals surface area contributed by atoms with Crippen molar-refractivity contribution in [3.8, 4) is 0 Å². The number of halogens is 2. The van der Waals surface area contributed by atoms with E-state index in [0.29, 0.717) is 19.1 Å². The van der Waals surface area contributed by atoms with E-state index < -0.39 is 0 Å². The molecule has 4 nitrogen and oxygen atoms in total. The Labute approximate surface area is 161 Å². The second-order valence-electron chi connectivity index (χ2n) is 7.52. The second kappa shape index (κ2) is 8.15. The average molecular weight is 387 g/mol. The Balaban J connectivity index is 0.00000225. The maximum Gasteiger partial charge on any atom is 0.410 e. The van der Waals surface area contributed by atoms with Crippen LogP contribution in [0.2, 0.25) is 5.02 Å². The van der Waals surface area contributed by atoms with Gasteiger partial charge >= 0.3 is 6.09 Å². The smallest absolute Gasteiger partial charge is 0.410 e. The van der Waals surface area contributed by atoms with Crippen LogP contribution in [0.25, 0.3) is 0 Å². The topological polar surface area (TPSA) is 55.6 Å². The molecule has 2 aliphatic rings. The highest BCUT2D eigenvalue weighted by atomic mass is 35.5. The molecule has 25 heavy (non-hydrogen) atoms. The van der Waals surface area contributed by atoms with Gasteiger partial charge in [-0.25, -0.2) is 4.79 Å². The first-order valence-corrected chi connectivity index (χ1v) is 9.26. The van der Waals surface area contributed by atoms with Crippen molar-refractivity contribution in [1.82, 2.24) is 4.90 Å². The monoisotopic (exact) mass is 386 g/mol. The predicted molar refractivity (Wildman–Crippen MR) is 104 cm³/mol. The highest BCUT2D eigenvalue weighted by Gasteiger charge is 2.44. The maximum atomic E-state index is 12.2. The third-order valence-electron chi connectivity index (χ3n) is 5.85. The normalized spacial score (nSPS) is 29.5. The van der Waals surface area contributed by atoms with E-state index in [1.807, 2.05) is 23.1 Å². The first-order chi connectivity index (χ1) is 11.5. The Morgan fingerprint density at radius 1 is 1.36 bits per heavy atom. The molecule has 140 valence electrons. The van der Waals surface area contributed by atoms with Crippen LogP contribution in [0.4, 0.5) is 4.79 Å². The molecule has 1 aliphatic carbocycles. The van der Waals surface area contributed by atoms with Gasteiger partial charge in [-0.1, -0.05) is 37.6 Å². The van der Waals surface area contributed by atoms with Gasteiger partial charge in [-0.2, -0.15) is 0 Å². The molecular formula is C19H28Cl2N2O2.